The fraction of sp³-hybridized carbons (Fsp3) is 0.415. The molecular weight excluding hydrogens is 777 g/mol. The molecule has 8 rings (SSSR count). The maximum absolute atomic E-state index is 12.4. The van der Waals surface area contributed by atoms with Gasteiger partial charge in [0.15, 0.2) is 11.6 Å². The van der Waals surface area contributed by atoms with E-state index in [2.05, 4.69) is 59.9 Å². The fourth-order valence-corrected chi connectivity index (χ4v) is 8.40. The van der Waals surface area contributed by atoms with Gasteiger partial charge in [-0.05, 0) is 38.1 Å². The molecule has 0 bridgehead atoms. The molecule has 1 N–H and O–H groups in total. The van der Waals surface area contributed by atoms with E-state index in [-0.39, 0.29) is 18.7 Å². The Balaban J connectivity index is 0.000000177. The summed E-state index contributed by atoms with van der Waals surface area (Å²) in [6.45, 7) is 10.3. The fourth-order valence-electron chi connectivity index (χ4n) is 7.31. The summed E-state index contributed by atoms with van der Waals surface area (Å²) in [5, 5.41) is 9.89. The Bertz CT molecular complexity index is 2500. The number of aryl methyl sites for hydroxylation is 1. The highest BCUT2D eigenvalue weighted by molar-refractivity contribution is 7.92. The number of hydrogen-bond donors (Lipinski definition) is 1. The summed E-state index contributed by atoms with van der Waals surface area (Å²) in [6.07, 6.45) is 7.21. The summed E-state index contributed by atoms with van der Waals surface area (Å²) in [4.78, 5) is 23.2. The third-order valence-corrected chi connectivity index (χ3v) is 11.0. The van der Waals surface area contributed by atoms with Gasteiger partial charge in [0.25, 0.3) is 0 Å². The van der Waals surface area contributed by atoms with Crippen molar-refractivity contribution >= 4 is 64.5 Å². The highest BCUT2D eigenvalue weighted by Gasteiger charge is 2.24. The van der Waals surface area contributed by atoms with Crippen LogP contribution in [0.3, 0.4) is 0 Å². The van der Waals surface area contributed by atoms with Crippen molar-refractivity contribution in [1.29, 1.82) is 0 Å². The second-order valence-electron chi connectivity index (χ2n) is 15.1. The number of pyridine rings is 2. The molecule has 0 amide bonds. The van der Waals surface area contributed by atoms with Crippen molar-refractivity contribution in [1.82, 2.24) is 29.1 Å². The van der Waals surface area contributed by atoms with Gasteiger partial charge in [0.1, 0.15) is 29.9 Å². The normalized spacial score (nSPS) is 17.7. The third-order valence-electron chi connectivity index (χ3n) is 9.77. The Kier molecular flexibility index (Phi) is 12.2. The highest BCUT2D eigenvalue weighted by atomic mass is 32.2. The summed E-state index contributed by atoms with van der Waals surface area (Å²) in [5.41, 5.74) is 5.49. The van der Waals surface area contributed by atoms with E-state index in [0.29, 0.717) is 49.7 Å². The van der Waals surface area contributed by atoms with E-state index >= 15 is 0 Å². The van der Waals surface area contributed by atoms with Crippen molar-refractivity contribution in [2.24, 2.45) is 8.73 Å². The van der Waals surface area contributed by atoms with Crippen molar-refractivity contribution < 1.29 is 23.0 Å². The van der Waals surface area contributed by atoms with E-state index in [1.165, 1.54) is 0 Å². The van der Waals surface area contributed by atoms with E-state index in [1.807, 2.05) is 71.3 Å². The number of fused-ring (bicyclic) bond motifs is 2. The Morgan fingerprint density at radius 2 is 1.10 bits per heavy atom. The molecule has 2 aliphatic rings. The molecule has 2 aromatic carbocycles. The topological polar surface area (TPSA) is 165 Å². The second-order valence-corrected chi connectivity index (χ2v) is 20.2. The number of hydrogen-bond acceptors (Lipinski definition) is 13. The van der Waals surface area contributed by atoms with Crippen LogP contribution in [0.25, 0.3) is 33.7 Å². The standard InChI is InChI=1S/C21H27N5O2S.C20H25N5O3S/c1-5-20-22-17-8-6-7-9-18(17)26(20)21-13-16(25-10-11-28-14-15(25)2)12-19(23-21)24-29(3,4)27;1-14-13-28-9-8-24(14)15-10-18(23-29(2,3)27)22-19(11-15)25-17-7-5-4-6-16(17)21-20(25)12-26/h6-9,12-13,15H,5,10-11,14H2,1-4H3;4-7,10-11,14,26H,8-9,12-13H2,1-3H3/t15-;14-/m11/s1. The van der Waals surface area contributed by atoms with Crippen LogP contribution in [-0.4, -0.2) is 119 Å². The van der Waals surface area contributed by atoms with E-state index in [1.54, 1.807) is 25.0 Å². The zero-order valence-corrected chi connectivity index (χ0v) is 35.7. The molecule has 6 heterocycles. The number of aliphatic hydroxyl groups is 1. The summed E-state index contributed by atoms with van der Waals surface area (Å²) in [5.74, 6) is 3.63. The van der Waals surface area contributed by atoms with Gasteiger partial charge >= 0.3 is 0 Å². The molecule has 2 fully saturated rings. The molecule has 17 heteroatoms. The average molecular weight is 829 g/mol. The van der Waals surface area contributed by atoms with Gasteiger partial charge in [0.05, 0.1) is 48.5 Å². The molecule has 6 aromatic rings. The number of benzene rings is 2. The summed E-state index contributed by atoms with van der Waals surface area (Å²) in [7, 11) is -4.72. The minimum atomic E-state index is -2.39. The molecule has 0 aliphatic carbocycles. The molecule has 0 unspecified atom stereocenters. The molecule has 0 saturated carbocycles. The lowest BCUT2D eigenvalue weighted by molar-refractivity contribution is 0.0989. The lowest BCUT2D eigenvalue weighted by Gasteiger charge is -2.35. The molecule has 2 saturated heterocycles. The van der Waals surface area contributed by atoms with Crippen LogP contribution in [0.4, 0.5) is 23.0 Å². The predicted octanol–water partition coefficient (Wildman–Crippen LogP) is 6.06. The van der Waals surface area contributed by atoms with Crippen molar-refractivity contribution in [3.05, 3.63) is 84.4 Å². The van der Waals surface area contributed by atoms with Crippen LogP contribution in [0, 0.1) is 0 Å². The van der Waals surface area contributed by atoms with Gasteiger partial charge in [-0.3, -0.25) is 9.13 Å². The molecule has 4 aromatic heterocycles. The minimum absolute atomic E-state index is 0.191. The Morgan fingerprint density at radius 3 is 1.52 bits per heavy atom. The monoisotopic (exact) mass is 828 g/mol. The Morgan fingerprint density at radius 1 is 0.672 bits per heavy atom. The summed E-state index contributed by atoms with van der Waals surface area (Å²) in [6, 6.07) is 24.0. The zero-order chi connectivity index (χ0) is 41.2. The number of rotatable bonds is 8. The molecule has 58 heavy (non-hydrogen) atoms. The lowest BCUT2D eigenvalue weighted by Crippen LogP contribution is -2.43. The first kappa shape index (κ1) is 41.2. The van der Waals surface area contributed by atoms with Crippen molar-refractivity contribution in [3.63, 3.8) is 0 Å². The van der Waals surface area contributed by atoms with Crippen molar-refractivity contribution in [2.75, 3.05) is 74.3 Å². The summed E-state index contributed by atoms with van der Waals surface area (Å²) >= 11 is 0. The predicted molar refractivity (Wildman–Crippen MR) is 232 cm³/mol. The van der Waals surface area contributed by atoms with E-state index < -0.39 is 19.5 Å². The van der Waals surface area contributed by atoms with E-state index in [0.717, 1.165) is 64.6 Å². The first-order chi connectivity index (χ1) is 27.7. The number of imidazole rings is 2. The second kappa shape index (κ2) is 17.1. The molecule has 15 nitrogen and oxygen atoms in total. The number of nitrogens with zero attached hydrogens (tertiary/aromatic N) is 10. The highest BCUT2D eigenvalue weighted by Crippen LogP contribution is 2.31. The van der Waals surface area contributed by atoms with Gasteiger partial charge in [-0.15, -0.1) is 0 Å². The average Bonchev–Trinajstić information content (AvgIpc) is 3.75. The van der Waals surface area contributed by atoms with E-state index in [4.69, 9.17) is 19.4 Å². The van der Waals surface area contributed by atoms with Gasteiger partial charge in [-0.25, -0.2) is 28.4 Å². The van der Waals surface area contributed by atoms with E-state index in [9.17, 15) is 13.5 Å². The van der Waals surface area contributed by atoms with Crippen LogP contribution in [0.2, 0.25) is 0 Å². The first-order valence-corrected chi connectivity index (χ1v) is 24.0. The molecular formula is C41H52N10O5S2. The lowest BCUT2D eigenvalue weighted by atomic mass is 10.2. The molecule has 0 radical (unpaired) electrons. The summed E-state index contributed by atoms with van der Waals surface area (Å²) < 4.78 is 48.5. The smallest absolute Gasteiger partial charge is 0.165 e. The van der Waals surface area contributed by atoms with Gasteiger partial charge in [-0.2, -0.15) is 8.73 Å². The van der Waals surface area contributed by atoms with Crippen molar-refractivity contribution in [3.8, 4) is 11.6 Å². The largest absolute Gasteiger partial charge is 0.388 e. The van der Waals surface area contributed by atoms with Crippen molar-refractivity contribution in [2.45, 2.75) is 45.9 Å². The van der Waals surface area contributed by atoms with Gasteiger partial charge in [-0.1, -0.05) is 31.2 Å². The van der Waals surface area contributed by atoms with Crippen LogP contribution in [-0.2, 0) is 42.0 Å². The van der Waals surface area contributed by atoms with Crippen LogP contribution in [0.5, 0.6) is 0 Å². The Labute approximate surface area is 340 Å². The van der Waals surface area contributed by atoms with Gasteiger partial charge < -0.3 is 24.4 Å². The molecule has 0 spiro atoms. The number of aromatic nitrogens is 6. The minimum Gasteiger partial charge on any atom is -0.388 e. The Hall–Kier alpha value is -4.94. The number of ether oxygens (including phenoxy) is 2. The van der Waals surface area contributed by atoms with Gasteiger partial charge in [0, 0.05) is 112 Å². The number of para-hydroxylation sites is 4. The first-order valence-electron chi connectivity index (χ1n) is 19.3. The molecule has 2 atom stereocenters. The van der Waals surface area contributed by atoms with Crippen LogP contribution in [0.1, 0.15) is 32.4 Å². The maximum Gasteiger partial charge on any atom is 0.165 e. The van der Waals surface area contributed by atoms with Crippen LogP contribution in [0.15, 0.2) is 81.5 Å². The number of morpholine rings is 2. The maximum atomic E-state index is 12.4. The van der Waals surface area contributed by atoms with Gasteiger partial charge in [0.2, 0.25) is 0 Å². The number of aliphatic hydroxyl groups excluding tert-OH is 1. The SMILES string of the molecule is CCc1nc2ccccc2n1-c1cc(N2CCOC[C@H]2C)cc(N=S(C)(C)=O)n1.C[C@@H]1COCCN1c1cc(N=S(C)(C)=O)nc(-n2c(CO)nc3ccccc32)c1. The quantitative estimate of drug-likeness (QED) is 0.190. The van der Waals surface area contributed by atoms with Crippen LogP contribution >= 0.6 is 0 Å². The van der Waals surface area contributed by atoms with Crippen LogP contribution < -0.4 is 9.80 Å². The molecule has 308 valence electrons. The molecule has 2 aliphatic heterocycles. The third kappa shape index (κ3) is 9.34. The zero-order valence-electron chi connectivity index (χ0n) is 34.1. The number of anilines is 2.